The van der Waals surface area contributed by atoms with Crippen LogP contribution in [-0.4, -0.2) is 13.6 Å². The summed E-state index contributed by atoms with van der Waals surface area (Å²) >= 11 is 0. The lowest BCUT2D eigenvalue weighted by molar-refractivity contribution is -0.125. The Balaban J connectivity index is 4.11. The van der Waals surface area contributed by atoms with E-state index in [-0.39, 0.29) is 5.92 Å². The van der Waals surface area contributed by atoms with Gasteiger partial charge in [0.2, 0.25) is 0 Å². The molecule has 0 rings (SSSR count). The Morgan fingerprint density at radius 1 is 1.17 bits per heavy atom. The van der Waals surface area contributed by atoms with E-state index in [0.717, 1.165) is 23.3 Å². The molecule has 0 aliphatic carbocycles. The highest BCUT2D eigenvalue weighted by molar-refractivity contribution is 5.39. The average Bonchev–Trinajstić information content (AvgIpc) is 2.34. The van der Waals surface area contributed by atoms with Crippen LogP contribution in [0.1, 0.15) is 26.2 Å². The van der Waals surface area contributed by atoms with E-state index in [1.807, 2.05) is 6.92 Å². The lowest BCUT2D eigenvalue weighted by atomic mass is 9.94. The Kier molecular flexibility index (Phi) is 7.52. The molecule has 0 aromatic heterocycles. The predicted molar refractivity (Wildman–Crippen MR) is 73.7 cm³/mol. The Labute approximate surface area is 109 Å². The van der Waals surface area contributed by atoms with Crippen LogP contribution in [0.3, 0.4) is 0 Å². The second-order valence-corrected chi connectivity index (χ2v) is 4.24. The van der Waals surface area contributed by atoms with Crippen LogP contribution >= 0.6 is 0 Å². The maximum Gasteiger partial charge on any atom is 0.298 e. The third-order valence-electron chi connectivity index (χ3n) is 2.78. The van der Waals surface area contributed by atoms with E-state index in [9.17, 15) is 4.79 Å². The van der Waals surface area contributed by atoms with Gasteiger partial charge in [-0.25, -0.2) is 0 Å². The van der Waals surface area contributed by atoms with E-state index in [1.165, 1.54) is 0 Å². The Bertz CT molecular complexity index is 353. The lowest BCUT2D eigenvalue weighted by Gasteiger charge is -2.16. The molecule has 0 saturated carbocycles. The minimum absolute atomic E-state index is 0.202. The molecule has 3 heteroatoms. The predicted octanol–water partition coefficient (Wildman–Crippen LogP) is 3.75. The molecule has 0 aliphatic heterocycles. The zero-order valence-electron chi connectivity index (χ0n) is 11.3. The number of ether oxygens (including phenoxy) is 2. The topological polar surface area (TPSA) is 35.5 Å². The van der Waals surface area contributed by atoms with Crippen LogP contribution in [0.15, 0.2) is 49.0 Å². The van der Waals surface area contributed by atoms with Gasteiger partial charge in [-0.15, -0.1) is 0 Å². The first-order valence-electron chi connectivity index (χ1n) is 5.79. The van der Waals surface area contributed by atoms with Gasteiger partial charge in [-0.3, -0.25) is 4.79 Å². The summed E-state index contributed by atoms with van der Waals surface area (Å²) in [4.78, 5) is 10.1. The molecule has 0 aliphatic rings. The molecule has 0 radical (unpaired) electrons. The summed E-state index contributed by atoms with van der Waals surface area (Å²) in [5.41, 5.74) is 1.89. The van der Waals surface area contributed by atoms with E-state index in [4.69, 9.17) is 4.74 Å². The summed E-state index contributed by atoms with van der Waals surface area (Å²) in [7, 11) is 1.61. The molecule has 0 saturated heterocycles. The Morgan fingerprint density at radius 3 is 2.28 bits per heavy atom. The van der Waals surface area contributed by atoms with Gasteiger partial charge in [0.25, 0.3) is 6.47 Å². The van der Waals surface area contributed by atoms with Crippen LogP contribution in [-0.2, 0) is 14.3 Å². The van der Waals surface area contributed by atoms with E-state index in [1.54, 1.807) is 7.11 Å². The normalized spacial score (nSPS) is 11.2. The maximum absolute atomic E-state index is 10.1. The largest absolute Gasteiger partial charge is 0.501 e. The molecule has 0 aromatic carbocycles. The number of methoxy groups -OCH3 is 1. The van der Waals surface area contributed by atoms with Crippen molar-refractivity contribution in [3.8, 4) is 0 Å². The van der Waals surface area contributed by atoms with Gasteiger partial charge in [-0.1, -0.05) is 44.4 Å². The van der Waals surface area contributed by atoms with Gasteiger partial charge < -0.3 is 9.47 Å². The summed E-state index contributed by atoms with van der Waals surface area (Å²) in [6.45, 7) is 17.8. The Morgan fingerprint density at radius 2 is 1.78 bits per heavy atom. The molecular weight excluding hydrogens is 228 g/mol. The fourth-order valence-electron chi connectivity index (χ4n) is 1.42. The molecule has 0 heterocycles. The number of rotatable bonds is 10. The quantitative estimate of drug-likeness (QED) is 0.336. The average molecular weight is 250 g/mol. The third-order valence-corrected chi connectivity index (χ3v) is 2.78. The molecule has 1 unspecified atom stereocenters. The molecule has 0 spiro atoms. The summed E-state index contributed by atoms with van der Waals surface area (Å²) in [5, 5.41) is 0. The van der Waals surface area contributed by atoms with Crippen molar-refractivity contribution in [1.29, 1.82) is 0 Å². The first-order valence-corrected chi connectivity index (χ1v) is 5.79. The van der Waals surface area contributed by atoms with Crippen LogP contribution in [0.25, 0.3) is 0 Å². The highest BCUT2D eigenvalue weighted by atomic mass is 16.5. The van der Waals surface area contributed by atoms with Crippen molar-refractivity contribution in [2.45, 2.75) is 26.2 Å². The molecule has 3 nitrogen and oxygen atoms in total. The first-order chi connectivity index (χ1) is 8.42. The summed E-state index contributed by atoms with van der Waals surface area (Å²) in [6.07, 6.45) is 2.00. The highest BCUT2D eigenvalue weighted by Crippen LogP contribution is 2.24. The molecule has 1 atom stereocenters. The summed E-state index contributed by atoms with van der Waals surface area (Å²) in [6, 6.07) is 0. The molecule has 100 valence electrons. The van der Waals surface area contributed by atoms with Crippen LogP contribution in [0.5, 0.6) is 0 Å². The van der Waals surface area contributed by atoms with Gasteiger partial charge in [0, 0.05) is 12.3 Å². The lowest BCUT2D eigenvalue weighted by Crippen LogP contribution is -2.03. The van der Waals surface area contributed by atoms with Crippen LogP contribution in [0.4, 0.5) is 0 Å². The summed E-state index contributed by atoms with van der Waals surface area (Å²) < 4.78 is 9.71. The van der Waals surface area contributed by atoms with Gasteiger partial charge in [0.05, 0.1) is 12.9 Å². The van der Waals surface area contributed by atoms with Gasteiger partial charge in [-0.05, 0) is 12.8 Å². The number of allylic oxidation sites excluding steroid dienone is 4. The number of hydrogen-bond acceptors (Lipinski definition) is 3. The zero-order valence-corrected chi connectivity index (χ0v) is 11.3. The maximum atomic E-state index is 10.1. The van der Waals surface area contributed by atoms with Crippen molar-refractivity contribution in [2.24, 2.45) is 5.92 Å². The standard InChI is InChI=1S/C15H22O3/c1-11(7-8-14(4)18-10-16)12(2)9-13(3)15(5)17-6/h10,13H,1-2,4-5,7-9H2,3,6H3. The molecule has 0 bridgehead atoms. The van der Waals surface area contributed by atoms with Gasteiger partial charge in [0.1, 0.15) is 5.76 Å². The minimum atomic E-state index is 0.202. The fourth-order valence-corrected chi connectivity index (χ4v) is 1.42. The van der Waals surface area contributed by atoms with Gasteiger partial charge in [-0.2, -0.15) is 0 Å². The molecule has 0 N–H and O–H groups in total. The second kappa shape index (κ2) is 8.34. The number of hydrogen-bond donors (Lipinski definition) is 0. The second-order valence-electron chi connectivity index (χ2n) is 4.24. The van der Waals surface area contributed by atoms with E-state index < -0.39 is 0 Å². The third kappa shape index (κ3) is 6.09. The number of carbonyl (C=O) groups is 1. The van der Waals surface area contributed by atoms with Gasteiger partial charge in [0.15, 0.2) is 0 Å². The smallest absolute Gasteiger partial charge is 0.298 e. The van der Waals surface area contributed by atoms with E-state index in [0.29, 0.717) is 25.1 Å². The molecule has 0 fully saturated rings. The molecule has 0 amide bonds. The van der Waals surface area contributed by atoms with Crippen molar-refractivity contribution in [3.63, 3.8) is 0 Å². The van der Waals surface area contributed by atoms with Crippen LogP contribution < -0.4 is 0 Å². The van der Waals surface area contributed by atoms with Crippen LogP contribution in [0, 0.1) is 5.92 Å². The van der Waals surface area contributed by atoms with Crippen molar-refractivity contribution in [3.05, 3.63) is 49.0 Å². The molecular formula is C15H22O3. The van der Waals surface area contributed by atoms with Crippen molar-refractivity contribution < 1.29 is 14.3 Å². The molecule has 0 aromatic rings. The molecule has 18 heavy (non-hydrogen) atoms. The summed E-state index contributed by atoms with van der Waals surface area (Å²) in [5.74, 6) is 1.37. The van der Waals surface area contributed by atoms with E-state index in [2.05, 4.69) is 31.1 Å². The van der Waals surface area contributed by atoms with Crippen molar-refractivity contribution >= 4 is 6.47 Å². The fraction of sp³-hybridized carbons (Fsp3) is 0.400. The van der Waals surface area contributed by atoms with Crippen molar-refractivity contribution in [2.75, 3.05) is 7.11 Å². The Hall–Kier alpha value is -1.77. The zero-order chi connectivity index (χ0) is 14.1. The SMILES string of the molecule is C=C(CCC(=C)C(=C)CC(C)C(=C)OC)OC=O. The van der Waals surface area contributed by atoms with E-state index >= 15 is 0 Å². The monoisotopic (exact) mass is 250 g/mol. The van der Waals surface area contributed by atoms with Crippen molar-refractivity contribution in [1.82, 2.24) is 0 Å². The van der Waals surface area contributed by atoms with Crippen LogP contribution in [0.2, 0.25) is 0 Å². The highest BCUT2D eigenvalue weighted by Gasteiger charge is 2.11. The minimum Gasteiger partial charge on any atom is -0.501 e. The number of carbonyl (C=O) groups excluding carboxylic acids is 1. The first kappa shape index (κ1) is 16.2. The van der Waals surface area contributed by atoms with Gasteiger partial charge >= 0.3 is 0 Å².